The standard InChI is InChI=1S/C13H15F2N3S/c1-8(2)7-18-12(16-17-13(18)19)5-9-3-4-10(14)6-11(9)15/h3-4,6,8H,5,7H2,1-2H3,(H,17,19). The van der Waals surface area contributed by atoms with E-state index >= 15 is 0 Å². The minimum atomic E-state index is -0.581. The summed E-state index contributed by atoms with van der Waals surface area (Å²) in [5.74, 6) is -0.0855. The van der Waals surface area contributed by atoms with Gasteiger partial charge in [-0.2, -0.15) is 5.10 Å². The molecule has 1 N–H and O–H groups in total. The molecule has 1 aromatic heterocycles. The maximum atomic E-state index is 13.6. The Kier molecular flexibility index (Phi) is 4.09. The van der Waals surface area contributed by atoms with Crippen molar-refractivity contribution in [2.75, 3.05) is 0 Å². The van der Waals surface area contributed by atoms with Gasteiger partial charge in [0.15, 0.2) is 4.77 Å². The van der Waals surface area contributed by atoms with Crippen LogP contribution in [0.25, 0.3) is 0 Å². The summed E-state index contributed by atoms with van der Waals surface area (Å²) in [7, 11) is 0. The molecule has 102 valence electrons. The highest BCUT2D eigenvalue weighted by atomic mass is 32.1. The van der Waals surface area contributed by atoms with Gasteiger partial charge in [-0.15, -0.1) is 0 Å². The second-order valence-corrected chi connectivity index (χ2v) is 5.25. The third-order valence-electron chi connectivity index (χ3n) is 2.75. The summed E-state index contributed by atoms with van der Waals surface area (Å²) >= 11 is 5.15. The van der Waals surface area contributed by atoms with Gasteiger partial charge in [-0.1, -0.05) is 19.9 Å². The van der Waals surface area contributed by atoms with Crippen molar-refractivity contribution >= 4 is 12.2 Å². The first-order valence-corrected chi connectivity index (χ1v) is 6.46. The number of benzene rings is 1. The van der Waals surface area contributed by atoms with Crippen LogP contribution in [0.2, 0.25) is 0 Å². The molecule has 19 heavy (non-hydrogen) atoms. The summed E-state index contributed by atoms with van der Waals surface area (Å²) < 4.78 is 28.9. The monoisotopic (exact) mass is 283 g/mol. The highest BCUT2D eigenvalue weighted by Crippen LogP contribution is 2.14. The number of rotatable bonds is 4. The fourth-order valence-electron chi connectivity index (χ4n) is 1.87. The van der Waals surface area contributed by atoms with Gasteiger partial charge in [0.05, 0.1) is 0 Å². The third kappa shape index (κ3) is 3.26. The van der Waals surface area contributed by atoms with Crippen molar-refractivity contribution in [1.82, 2.24) is 14.8 Å². The van der Waals surface area contributed by atoms with E-state index in [1.165, 1.54) is 12.1 Å². The fourth-order valence-corrected chi connectivity index (χ4v) is 2.10. The molecule has 2 aromatic rings. The fraction of sp³-hybridized carbons (Fsp3) is 0.385. The van der Waals surface area contributed by atoms with E-state index in [2.05, 4.69) is 24.0 Å². The number of hydrogen-bond acceptors (Lipinski definition) is 2. The maximum Gasteiger partial charge on any atom is 0.195 e. The molecule has 1 heterocycles. The Morgan fingerprint density at radius 2 is 2.11 bits per heavy atom. The van der Waals surface area contributed by atoms with E-state index in [0.717, 1.165) is 6.07 Å². The van der Waals surface area contributed by atoms with Gasteiger partial charge < -0.3 is 4.57 Å². The smallest absolute Gasteiger partial charge is 0.195 e. The average Bonchev–Trinajstić information content (AvgIpc) is 2.64. The van der Waals surface area contributed by atoms with Crippen molar-refractivity contribution in [2.45, 2.75) is 26.8 Å². The van der Waals surface area contributed by atoms with E-state index in [4.69, 9.17) is 12.2 Å². The predicted molar refractivity (Wildman–Crippen MR) is 71.4 cm³/mol. The first-order valence-electron chi connectivity index (χ1n) is 6.05. The van der Waals surface area contributed by atoms with Crippen LogP contribution in [-0.4, -0.2) is 14.8 Å². The van der Waals surface area contributed by atoms with Gasteiger partial charge in [0.2, 0.25) is 0 Å². The molecule has 0 aliphatic carbocycles. The normalized spacial score (nSPS) is 11.2. The van der Waals surface area contributed by atoms with Crippen molar-refractivity contribution in [1.29, 1.82) is 0 Å². The minimum Gasteiger partial charge on any atom is -0.304 e. The number of nitrogens with one attached hydrogen (secondary N) is 1. The first kappa shape index (κ1) is 13.9. The van der Waals surface area contributed by atoms with E-state index < -0.39 is 11.6 Å². The molecule has 0 amide bonds. The van der Waals surface area contributed by atoms with Crippen molar-refractivity contribution in [2.24, 2.45) is 5.92 Å². The van der Waals surface area contributed by atoms with Crippen molar-refractivity contribution < 1.29 is 8.78 Å². The van der Waals surface area contributed by atoms with E-state index in [1.807, 2.05) is 4.57 Å². The summed E-state index contributed by atoms with van der Waals surface area (Å²) in [6, 6.07) is 3.55. The zero-order chi connectivity index (χ0) is 14.0. The van der Waals surface area contributed by atoms with Gasteiger partial charge >= 0.3 is 0 Å². The van der Waals surface area contributed by atoms with Gasteiger partial charge in [-0.3, -0.25) is 5.10 Å². The van der Waals surface area contributed by atoms with Crippen LogP contribution in [0.4, 0.5) is 8.78 Å². The molecule has 2 rings (SSSR count). The Hall–Kier alpha value is -1.56. The second kappa shape index (κ2) is 5.61. The van der Waals surface area contributed by atoms with Gasteiger partial charge in [-0.25, -0.2) is 8.78 Å². The Balaban J connectivity index is 2.31. The molecule has 0 aliphatic heterocycles. The van der Waals surface area contributed by atoms with Crippen LogP contribution in [-0.2, 0) is 13.0 Å². The Morgan fingerprint density at radius 1 is 1.37 bits per heavy atom. The van der Waals surface area contributed by atoms with Gasteiger partial charge in [-0.05, 0) is 29.8 Å². The molecular formula is C13H15F2N3S. The lowest BCUT2D eigenvalue weighted by Gasteiger charge is -2.09. The topological polar surface area (TPSA) is 33.6 Å². The molecule has 3 nitrogen and oxygen atoms in total. The number of halogens is 2. The van der Waals surface area contributed by atoms with Crippen LogP contribution in [0.3, 0.4) is 0 Å². The zero-order valence-electron chi connectivity index (χ0n) is 10.8. The molecule has 1 aromatic carbocycles. The molecule has 0 spiro atoms. The lowest BCUT2D eigenvalue weighted by Crippen LogP contribution is -2.10. The van der Waals surface area contributed by atoms with Crippen LogP contribution in [0.5, 0.6) is 0 Å². The van der Waals surface area contributed by atoms with Crippen molar-refractivity contribution in [3.63, 3.8) is 0 Å². The van der Waals surface area contributed by atoms with Crippen molar-refractivity contribution in [3.05, 3.63) is 46.0 Å². The largest absolute Gasteiger partial charge is 0.304 e. The van der Waals surface area contributed by atoms with Crippen molar-refractivity contribution in [3.8, 4) is 0 Å². The Labute approximate surface area is 115 Å². The number of aromatic nitrogens is 3. The summed E-state index contributed by atoms with van der Waals surface area (Å²) in [6.07, 6.45) is 0.284. The number of nitrogens with zero attached hydrogens (tertiary/aromatic N) is 2. The number of aromatic amines is 1. The summed E-state index contributed by atoms with van der Waals surface area (Å²) in [4.78, 5) is 0. The van der Waals surface area contributed by atoms with E-state index in [-0.39, 0.29) is 6.42 Å². The minimum absolute atomic E-state index is 0.284. The summed E-state index contributed by atoms with van der Waals surface area (Å²) in [5, 5.41) is 6.83. The second-order valence-electron chi connectivity index (χ2n) is 4.86. The van der Waals surface area contributed by atoms with E-state index in [0.29, 0.717) is 28.6 Å². The van der Waals surface area contributed by atoms with E-state index in [9.17, 15) is 8.78 Å². The quantitative estimate of drug-likeness (QED) is 0.872. The predicted octanol–water partition coefficient (Wildman–Crippen LogP) is 3.47. The first-order chi connectivity index (χ1) is 8.97. The van der Waals surface area contributed by atoms with Crippen LogP contribution < -0.4 is 0 Å². The van der Waals surface area contributed by atoms with Gasteiger partial charge in [0.1, 0.15) is 17.5 Å². The SMILES string of the molecule is CC(C)Cn1c(Cc2ccc(F)cc2F)n[nH]c1=S. The Morgan fingerprint density at radius 3 is 2.74 bits per heavy atom. The van der Waals surface area contributed by atoms with Crippen LogP contribution in [0, 0.1) is 22.3 Å². The highest BCUT2D eigenvalue weighted by molar-refractivity contribution is 7.71. The molecule has 0 saturated carbocycles. The van der Waals surface area contributed by atoms with Crippen LogP contribution in [0.1, 0.15) is 25.2 Å². The third-order valence-corrected chi connectivity index (χ3v) is 3.06. The lowest BCUT2D eigenvalue weighted by atomic mass is 10.1. The molecule has 0 atom stereocenters. The molecule has 0 saturated heterocycles. The maximum absolute atomic E-state index is 13.6. The van der Waals surface area contributed by atoms with Gasteiger partial charge in [0, 0.05) is 19.0 Å². The molecule has 0 radical (unpaired) electrons. The molecular weight excluding hydrogens is 268 g/mol. The number of hydrogen-bond donors (Lipinski definition) is 1. The molecule has 6 heteroatoms. The van der Waals surface area contributed by atoms with Crippen LogP contribution >= 0.6 is 12.2 Å². The zero-order valence-corrected chi connectivity index (χ0v) is 11.6. The van der Waals surface area contributed by atoms with E-state index in [1.54, 1.807) is 0 Å². The summed E-state index contributed by atoms with van der Waals surface area (Å²) in [6.45, 7) is 4.85. The molecule has 0 unspecified atom stereocenters. The Bertz CT molecular complexity index is 631. The van der Waals surface area contributed by atoms with Crippen LogP contribution in [0.15, 0.2) is 18.2 Å². The average molecular weight is 283 g/mol. The van der Waals surface area contributed by atoms with Gasteiger partial charge in [0.25, 0.3) is 0 Å². The lowest BCUT2D eigenvalue weighted by molar-refractivity contribution is 0.503. The summed E-state index contributed by atoms with van der Waals surface area (Å²) in [5.41, 5.74) is 0.403. The molecule has 0 aliphatic rings. The highest BCUT2D eigenvalue weighted by Gasteiger charge is 2.11. The molecule has 0 bridgehead atoms. The number of H-pyrrole nitrogens is 1. The molecule has 0 fully saturated rings.